The van der Waals surface area contributed by atoms with Crippen molar-refractivity contribution in [1.29, 1.82) is 0 Å². The van der Waals surface area contributed by atoms with Crippen LogP contribution < -0.4 is 20.5 Å². The van der Waals surface area contributed by atoms with Gasteiger partial charge in [0.15, 0.2) is 12.4 Å². The van der Waals surface area contributed by atoms with Gasteiger partial charge in [-0.05, 0) is 18.6 Å². The maximum Gasteiger partial charge on any atom is 0.321 e. The minimum Gasteiger partial charge on any atom is -0.477 e. The number of urea groups is 1. The summed E-state index contributed by atoms with van der Waals surface area (Å²) in [6.07, 6.45) is 1.62. The van der Waals surface area contributed by atoms with E-state index in [2.05, 4.69) is 5.32 Å². The highest BCUT2D eigenvalue weighted by atomic mass is 32.2. The highest BCUT2D eigenvalue weighted by molar-refractivity contribution is 7.89. The molecule has 1 aromatic carbocycles. The Kier molecular flexibility index (Phi) is 7.26. The summed E-state index contributed by atoms with van der Waals surface area (Å²) in [4.78, 5) is 32.6. The summed E-state index contributed by atoms with van der Waals surface area (Å²) in [7, 11) is -4.13. The molecule has 0 heterocycles. The molecule has 0 saturated heterocycles. The minimum atomic E-state index is -4.13. The number of nitrogens with one attached hydrogen (secondary N) is 2. The zero-order valence-corrected chi connectivity index (χ0v) is 14.2. The molecule has 138 valence electrons. The molecule has 25 heavy (non-hydrogen) atoms. The average Bonchev–Trinajstić information content (AvgIpc) is 2.52. The quantitative estimate of drug-likeness (QED) is 0.332. The Labute approximate surface area is 143 Å². The number of imide groups is 1. The van der Waals surface area contributed by atoms with E-state index in [1.54, 1.807) is 0 Å². The van der Waals surface area contributed by atoms with Crippen LogP contribution in [0.2, 0.25) is 0 Å². The van der Waals surface area contributed by atoms with Crippen molar-refractivity contribution in [3.8, 4) is 5.75 Å². The van der Waals surface area contributed by atoms with E-state index in [9.17, 15) is 28.1 Å². The molecule has 1 aromatic rings. The summed E-state index contributed by atoms with van der Waals surface area (Å²) in [6, 6.07) is 2.03. The van der Waals surface area contributed by atoms with Gasteiger partial charge >= 0.3 is 11.7 Å². The summed E-state index contributed by atoms with van der Waals surface area (Å²) in [5, 5.41) is 20.3. The predicted octanol–water partition coefficient (Wildman–Crippen LogP) is 0.247. The van der Waals surface area contributed by atoms with Gasteiger partial charge in [0, 0.05) is 12.6 Å². The Bertz CT molecular complexity index is 764. The highest BCUT2D eigenvalue weighted by Gasteiger charge is 2.21. The number of ether oxygens (including phenoxy) is 1. The number of rotatable bonds is 8. The van der Waals surface area contributed by atoms with Crippen molar-refractivity contribution in [2.45, 2.75) is 24.7 Å². The fraction of sp³-hybridized carbons (Fsp3) is 0.385. The van der Waals surface area contributed by atoms with E-state index in [4.69, 9.17) is 9.88 Å². The number of benzene rings is 1. The first-order valence-electron chi connectivity index (χ1n) is 7.17. The molecule has 12 heteroatoms. The molecule has 0 atom stereocenters. The fourth-order valence-electron chi connectivity index (χ4n) is 1.67. The number of hydrogen-bond acceptors (Lipinski definition) is 7. The summed E-state index contributed by atoms with van der Waals surface area (Å²) in [5.41, 5.74) is -0.674. The van der Waals surface area contributed by atoms with Crippen molar-refractivity contribution in [3.63, 3.8) is 0 Å². The van der Waals surface area contributed by atoms with Crippen molar-refractivity contribution in [2.24, 2.45) is 5.14 Å². The molecule has 11 nitrogen and oxygen atoms in total. The molecule has 4 N–H and O–H groups in total. The minimum absolute atomic E-state index is 0.334. The second-order valence-electron chi connectivity index (χ2n) is 4.88. The lowest BCUT2D eigenvalue weighted by atomic mass is 10.3. The standard InChI is InChI=1S/C13H18N4O7S/c1-2-3-6-15-13(19)16-12(18)8-24-11-5-4-9(25(14,22)23)7-10(11)17(20)21/h4-5,7H,2-3,6,8H2,1H3,(H2,14,22,23)(H2,15,16,18,19). The fourth-order valence-corrected chi connectivity index (χ4v) is 2.20. The van der Waals surface area contributed by atoms with Crippen LogP contribution in [-0.2, 0) is 14.8 Å². The van der Waals surface area contributed by atoms with Crippen molar-refractivity contribution in [1.82, 2.24) is 10.6 Å². The van der Waals surface area contributed by atoms with Gasteiger partial charge in [-0.1, -0.05) is 13.3 Å². The van der Waals surface area contributed by atoms with E-state index < -0.39 is 44.1 Å². The van der Waals surface area contributed by atoms with Crippen LogP contribution in [0.5, 0.6) is 5.75 Å². The van der Waals surface area contributed by atoms with Crippen LogP contribution in [0, 0.1) is 10.1 Å². The van der Waals surface area contributed by atoms with Gasteiger partial charge in [0.1, 0.15) is 0 Å². The van der Waals surface area contributed by atoms with Crippen LogP contribution in [0.25, 0.3) is 0 Å². The molecule has 0 aliphatic rings. The Hall–Kier alpha value is -2.73. The summed E-state index contributed by atoms with van der Waals surface area (Å²) < 4.78 is 27.4. The van der Waals surface area contributed by atoms with Crippen LogP contribution in [0.1, 0.15) is 19.8 Å². The molecule has 0 aliphatic carbocycles. The molecule has 3 amide bonds. The van der Waals surface area contributed by atoms with E-state index in [1.807, 2.05) is 12.2 Å². The summed E-state index contributed by atoms with van der Waals surface area (Å²) >= 11 is 0. The van der Waals surface area contributed by atoms with Gasteiger partial charge in [-0.2, -0.15) is 0 Å². The number of carbonyl (C=O) groups excluding carboxylic acids is 2. The molecule has 0 radical (unpaired) electrons. The largest absolute Gasteiger partial charge is 0.477 e. The molecule has 0 spiro atoms. The van der Waals surface area contributed by atoms with E-state index in [0.29, 0.717) is 6.54 Å². The topological polar surface area (TPSA) is 171 Å². The number of nitro benzene ring substituents is 1. The maximum atomic E-state index is 11.6. The number of nitrogens with zero attached hydrogens (tertiary/aromatic N) is 1. The second kappa shape index (κ2) is 8.94. The van der Waals surface area contributed by atoms with Gasteiger partial charge in [0.25, 0.3) is 5.91 Å². The first-order valence-corrected chi connectivity index (χ1v) is 8.71. The SMILES string of the molecule is CCCCNC(=O)NC(=O)COc1ccc(S(N)(=O)=O)cc1[N+](=O)[O-]. The zero-order chi connectivity index (χ0) is 19.0. The second-order valence-corrected chi connectivity index (χ2v) is 6.44. The van der Waals surface area contributed by atoms with Gasteiger partial charge in [0.05, 0.1) is 9.82 Å². The van der Waals surface area contributed by atoms with Gasteiger partial charge in [-0.25, -0.2) is 18.4 Å². The lowest BCUT2D eigenvalue weighted by Gasteiger charge is -2.09. The van der Waals surface area contributed by atoms with Crippen LogP contribution in [0.3, 0.4) is 0 Å². The van der Waals surface area contributed by atoms with Crippen LogP contribution >= 0.6 is 0 Å². The Morgan fingerprint density at radius 3 is 2.60 bits per heavy atom. The molecule has 0 unspecified atom stereocenters. The van der Waals surface area contributed by atoms with Gasteiger partial charge in [-0.15, -0.1) is 0 Å². The number of carbonyl (C=O) groups is 2. The first-order chi connectivity index (χ1) is 11.6. The zero-order valence-electron chi connectivity index (χ0n) is 13.4. The van der Waals surface area contributed by atoms with Crippen molar-refractivity contribution < 1.29 is 27.7 Å². The van der Waals surface area contributed by atoms with Crippen molar-refractivity contribution in [2.75, 3.05) is 13.2 Å². The third-order valence-electron chi connectivity index (χ3n) is 2.88. The van der Waals surface area contributed by atoms with E-state index >= 15 is 0 Å². The molecule has 0 aliphatic heterocycles. The molecule has 0 saturated carbocycles. The molecular weight excluding hydrogens is 356 g/mol. The number of unbranched alkanes of at least 4 members (excludes halogenated alkanes) is 1. The summed E-state index contributed by atoms with van der Waals surface area (Å²) in [6.45, 7) is 1.67. The first kappa shape index (κ1) is 20.3. The number of nitro groups is 1. The van der Waals surface area contributed by atoms with E-state index in [1.165, 1.54) is 0 Å². The van der Waals surface area contributed by atoms with E-state index in [0.717, 1.165) is 31.0 Å². The Balaban J connectivity index is 2.72. The van der Waals surface area contributed by atoms with Crippen LogP contribution in [0.15, 0.2) is 23.1 Å². The highest BCUT2D eigenvalue weighted by Crippen LogP contribution is 2.29. The van der Waals surface area contributed by atoms with Gasteiger partial charge in [-0.3, -0.25) is 20.2 Å². The lowest BCUT2D eigenvalue weighted by molar-refractivity contribution is -0.386. The summed E-state index contributed by atoms with van der Waals surface area (Å²) in [5.74, 6) is -1.15. The van der Waals surface area contributed by atoms with Crippen molar-refractivity contribution in [3.05, 3.63) is 28.3 Å². The van der Waals surface area contributed by atoms with Crippen LogP contribution in [0.4, 0.5) is 10.5 Å². The Morgan fingerprint density at radius 1 is 1.36 bits per heavy atom. The normalized spacial score (nSPS) is 10.8. The maximum absolute atomic E-state index is 11.6. The van der Waals surface area contributed by atoms with E-state index in [-0.39, 0.29) is 5.75 Å². The third kappa shape index (κ3) is 6.73. The average molecular weight is 374 g/mol. The number of nitrogens with two attached hydrogens (primary N) is 1. The number of sulfonamides is 1. The number of primary sulfonamides is 1. The van der Waals surface area contributed by atoms with Gasteiger partial charge in [0.2, 0.25) is 10.0 Å². The number of amides is 3. The smallest absolute Gasteiger partial charge is 0.321 e. The molecule has 0 fully saturated rings. The van der Waals surface area contributed by atoms with Crippen LogP contribution in [-0.4, -0.2) is 38.4 Å². The molecule has 0 bridgehead atoms. The number of hydrogen-bond donors (Lipinski definition) is 3. The van der Waals surface area contributed by atoms with Gasteiger partial charge < -0.3 is 10.1 Å². The van der Waals surface area contributed by atoms with Crippen molar-refractivity contribution >= 4 is 27.6 Å². The third-order valence-corrected chi connectivity index (χ3v) is 3.79. The monoisotopic (exact) mass is 374 g/mol. The predicted molar refractivity (Wildman–Crippen MR) is 86.4 cm³/mol. The molecule has 1 rings (SSSR count). The Morgan fingerprint density at radius 2 is 2.04 bits per heavy atom. The molecular formula is C13H18N4O7S. The lowest BCUT2D eigenvalue weighted by Crippen LogP contribution is -2.41. The molecule has 0 aromatic heterocycles.